The molecule has 1 unspecified atom stereocenters. The maximum absolute atomic E-state index is 12.0. The van der Waals surface area contributed by atoms with E-state index in [-0.39, 0.29) is 30.2 Å². The third kappa shape index (κ3) is 6.63. The van der Waals surface area contributed by atoms with Gasteiger partial charge < -0.3 is 19.8 Å². The molecule has 1 atom stereocenters. The molecule has 2 amide bonds. The van der Waals surface area contributed by atoms with Crippen molar-refractivity contribution in [2.24, 2.45) is 5.92 Å². The summed E-state index contributed by atoms with van der Waals surface area (Å²) >= 11 is 0. The number of carbonyl (C=O) groups excluding carboxylic acids is 2. The molecule has 2 rings (SSSR count). The third-order valence-corrected chi connectivity index (χ3v) is 3.79. The number of hydrogen-bond acceptors (Lipinski definition) is 4. The number of anilines is 1. The monoisotopic (exact) mass is 358 g/mol. The molecule has 2 aromatic rings. The molecule has 0 saturated carbocycles. The number of rotatable bonds is 9. The average molecular weight is 358 g/mol. The fraction of sp³-hybridized carbons (Fsp3) is 0.400. The molecule has 0 aliphatic heterocycles. The van der Waals surface area contributed by atoms with E-state index in [1.165, 1.54) is 6.26 Å². The van der Waals surface area contributed by atoms with Crippen molar-refractivity contribution < 1.29 is 18.7 Å². The topological polar surface area (TPSA) is 80.6 Å². The minimum absolute atomic E-state index is 0.0679. The summed E-state index contributed by atoms with van der Waals surface area (Å²) in [6.45, 7) is 6.25. The van der Waals surface area contributed by atoms with Gasteiger partial charge in [-0.15, -0.1) is 0 Å². The molecule has 6 heteroatoms. The summed E-state index contributed by atoms with van der Waals surface area (Å²) in [5.41, 5.74) is 0.564. The van der Waals surface area contributed by atoms with Gasteiger partial charge in [-0.1, -0.05) is 19.9 Å². The Hall–Kier alpha value is -2.76. The van der Waals surface area contributed by atoms with Crippen molar-refractivity contribution in [2.45, 2.75) is 39.7 Å². The second-order valence-corrected chi connectivity index (χ2v) is 6.69. The van der Waals surface area contributed by atoms with Gasteiger partial charge in [-0.2, -0.15) is 0 Å². The van der Waals surface area contributed by atoms with Crippen molar-refractivity contribution in [1.29, 1.82) is 0 Å². The van der Waals surface area contributed by atoms with E-state index in [1.54, 1.807) is 36.4 Å². The lowest BCUT2D eigenvalue weighted by Crippen LogP contribution is -2.36. The van der Waals surface area contributed by atoms with Crippen LogP contribution >= 0.6 is 0 Å². The molecule has 0 aliphatic carbocycles. The third-order valence-electron chi connectivity index (χ3n) is 3.79. The molecule has 6 nitrogen and oxygen atoms in total. The lowest BCUT2D eigenvalue weighted by Gasteiger charge is -2.15. The molecular formula is C20H26N2O4. The van der Waals surface area contributed by atoms with Crippen molar-refractivity contribution >= 4 is 17.5 Å². The Balaban J connectivity index is 1.81. The molecule has 140 valence electrons. The highest BCUT2D eigenvalue weighted by molar-refractivity contribution is 6.02. The van der Waals surface area contributed by atoms with Crippen LogP contribution in [0.2, 0.25) is 0 Å². The summed E-state index contributed by atoms with van der Waals surface area (Å²) in [6.07, 6.45) is 3.45. The van der Waals surface area contributed by atoms with Gasteiger partial charge in [0.1, 0.15) is 5.75 Å². The van der Waals surface area contributed by atoms with Crippen molar-refractivity contribution in [1.82, 2.24) is 5.32 Å². The standard InChI is InChI=1S/C20H26N2O4/c1-14(2)9-10-15(3)21-19(23)13-26-17-7-4-6-16(12-17)22-20(24)18-8-5-11-25-18/h4-8,11-12,14-15H,9-10,13H2,1-3H3,(H,21,23)(H,22,24). The van der Waals surface area contributed by atoms with Gasteiger partial charge in [-0.3, -0.25) is 9.59 Å². The molecule has 1 heterocycles. The predicted octanol–water partition coefficient (Wildman–Crippen LogP) is 3.85. The van der Waals surface area contributed by atoms with E-state index >= 15 is 0 Å². The molecule has 0 saturated heterocycles. The first-order valence-electron chi connectivity index (χ1n) is 8.81. The van der Waals surface area contributed by atoms with Crippen LogP contribution in [0.3, 0.4) is 0 Å². The van der Waals surface area contributed by atoms with Crippen LogP contribution in [0, 0.1) is 5.92 Å². The lowest BCUT2D eigenvalue weighted by atomic mass is 10.0. The highest BCUT2D eigenvalue weighted by Gasteiger charge is 2.11. The zero-order valence-electron chi connectivity index (χ0n) is 15.5. The number of furan rings is 1. The van der Waals surface area contributed by atoms with Gasteiger partial charge in [-0.25, -0.2) is 0 Å². The minimum atomic E-state index is -0.344. The first-order chi connectivity index (χ1) is 12.4. The van der Waals surface area contributed by atoms with Crippen LogP contribution in [-0.4, -0.2) is 24.5 Å². The maximum atomic E-state index is 12.0. The number of amides is 2. The Morgan fingerprint density at radius 2 is 1.92 bits per heavy atom. The van der Waals surface area contributed by atoms with Crippen molar-refractivity contribution in [2.75, 3.05) is 11.9 Å². The van der Waals surface area contributed by atoms with Gasteiger partial charge in [0, 0.05) is 17.8 Å². The smallest absolute Gasteiger partial charge is 0.291 e. The lowest BCUT2D eigenvalue weighted by molar-refractivity contribution is -0.123. The fourth-order valence-corrected chi connectivity index (χ4v) is 2.38. The van der Waals surface area contributed by atoms with Crippen molar-refractivity contribution in [3.63, 3.8) is 0 Å². The highest BCUT2D eigenvalue weighted by Crippen LogP contribution is 2.18. The summed E-state index contributed by atoms with van der Waals surface area (Å²) in [7, 11) is 0. The average Bonchev–Trinajstić information content (AvgIpc) is 3.13. The molecule has 26 heavy (non-hydrogen) atoms. The SMILES string of the molecule is CC(C)CCC(C)NC(=O)COc1cccc(NC(=O)c2ccco2)c1. The van der Waals surface area contributed by atoms with Gasteiger partial charge in [0.15, 0.2) is 12.4 Å². The molecule has 0 radical (unpaired) electrons. The van der Waals surface area contributed by atoms with Gasteiger partial charge >= 0.3 is 0 Å². The zero-order chi connectivity index (χ0) is 18.9. The van der Waals surface area contributed by atoms with Crippen LogP contribution in [0.1, 0.15) is 44.2 Å². The van der Waals surface area contributed by atoms with Crippen molar-refractivity contribution in [3.8, 4) is 5.75 Å². The summed E-state index contributed by atoms with van der Waals surface area (Å²) < 4.78 is 10.6. The molecule has 0 fully saturated rings. The Kier molecular flexibility index (Phi) is 7.26. The summed E-state index contributed by atoms with van der Waals surface area (Å²) in [5, 5.41) is 5.64. The normalized spacial score (nSPS) is 11.8. The molecular weight excluding hydrogens is 332 g/mol. The van der Waals surface area contributed by atoms with E-state index in [0.29, 0.717) is 17.4 Å². The predicted molar refractivity (Wildman–Crippen MR) is 100 cm³/mol. The maximum Gasteiger partial charge on any atom is 0.291 e. The van der Waals surface area contributed by atoms with Crippen LogP contribution in [0.25, 0.3) is 0 Å². The molecule has 0 bridgehead atoms. The first-order valence-corrected chi connectivity index (χ1v) is 8.81. The quantitative estimate of drug-likeness (QED) is 0.713. The van der Waals surface area contributed by atoms with Crippen molar-refractivity contribution in [3.05, 3.63) is 48.4 Å². The molecule has 1 aromatic heterocycles. The van der Waals surface area contributed by atoms with Gasteiger partial charge in [0.2, 0.25) is 0 Å². The minimum Gasteiger partial charge on any atom is -0.484 e. The Morgan fingerprint density at radius 3 is 2.62 bits per heavy atom. The largest absolute Gasteiger partial charge is 0.484 e. The number of benzene rings is 1. The second kappa shape index (κ2) is 9.65. The van der Waals surface area contributed by atoms with Crippen LogP contribution in [0.5, 0.6) is 5.75 Å². The molecule has 2 N–H and O–H groups in total. The number of ether oxygens (including phenoxy) is 1. The molecule has 0 aliphatic rings. The van der Waals surface area contributed by atoms with E-state index in [2.05, 4.69) is 24.5 Å². The number of carbonyl (C=O) groups is 2. The highest BCUT2D eigenvalue weighted by atomic mass is 16.5. The summed E-state index contributed by atoms with van der Waals surface area (Å²) in [5.74, 6) is 0.846. The Bertz CT molecular complexity index is 710. The second-order valence-electron chi connectivity index (χ2n) is 6.69. The first kappa shape index (κ1) is 19.6. The molecule has 0 spiro atoms. The van der Waals surface area contributed by atoms with Crippen LogP contribution in [-0.2, 0) is 4.79 Å². The van der Waals surface area contributed by atoms with Crippen LogP contribution in [0.15, 0.2) is 47.1 Å². The Morgan fingerprint density at radius 1 is 1.12 bits per heavy atom. The number of hydrogen-bond donors (Lipinski definition) is 2. The van der Waals surface area contributed by atoms with E-state index in [1.807, 2.05) is 6.92 Å². The van der Waals surface area contributed by atoms with E-state index < -0.39 is 0 Å². The van der Waals surface area contributed by atoms with Gasteiger partial charge in [0.25, 0.3) is 11.8 Å². The van der Waals surface area contributed by atoms with Crippen LogP contribution in [0.4, 0.5) is 5.69 Å². The summed E-state index contributed by atoms with van der Waals surface area (Å²) in [6, 6.07) is 10.2. The van der Waals surface area contributed by atoms with Crippen LogP contribution < -0.4 is 15.4 Å². The fourth-order valence-electron chi connectivity index (χ4n) is 2.38. The van der Waals surface area contributed by atoms with E-state index in [4.69, 9.17) is 9.15 Å². The number of nitrogens with one attached hydrogen (secondary N) is 2. The summed E-state index contributed by atoms with van der Waals surface area (Å²) in [4.78, 5) is 23.9. The van der Waals surface area contributed by atoms with E-state index in [9.17, 15) is 9.59 Å². The van der Waals surface area contributed by atoms with E-state index in [0.717, 1.165) is 12.8 Å². The van der Waals surface area contributed by atoms with Gasteiger partial charge in [-0.05, 0) is 49.9 Å². The Labute approximate surface area is 153 Å². The van der Waals surface area contributed by atoms with Gasteiger partial charge in [0.05, 0.1) is 6.26 Å². The molecule has 1 aromatic carbocycles. The zero-order valence-corrected chi connectivity index (χ0v) is 15.5.